The number of benzene rings is 1. The van der Waals surface area contributed by atoms with E-state index in [9.17, 15) is 4.79 Å². The van der Waals surface area contributed by atoms with Crippen LogP contribution in [-0.4, -0.2) is 15.7 Å². The molecular weight excluding hydrogens is 342 g/mol. The van der Waals surface area contributed by atoms with Gasteiger partial charge in [-0.05, 0) is 37.0 Å². The van der Waals surface area contributed by atoms with E-state index in [1.165, 1.54) is 0 Å². The number of amides is 1. The number of anilines is 1. The van der Waals surface area contributed by atoms with E-state index in [2.05, 4.69) is 38.5 Å². The number of hydrogen-bond acceptors (Lipinski definition) is 2. The molecule has 1 aliphatic carbocycles. The lowest BCUT2D eigenvalue weighted by molar-refractivity contribution is -0.120. The molecule has 1 amide bonds. The molecule has 0 saturated heterocycles. The largest absolute Gasteiger partial charge is 0.311 e. The van der Waals surface area contributed by atoms with Crippen LogP contribution >= 0.6 is 15.9 Å². The van der Waals surface area contributed by atoms with Crippen LogP contribution in [0, 0.1) is 5.92 Å². The zero-order chi connectivity index (χ0) is 15.4. The van der Waals surface area contributed by atoms with Crippen LogP contribution in [0.3, 0.4) is 0 Å². The van der Waals surface area contributed by atoms with E-state index in [4.69, 9.17) is 0 Å². The molecule has 1 unspecified atom stereocenters. The van der Waals surface area contributed by atoms with Crippen molar-refractivity contribution in [2.45, 2.75) is 25.8 Å². The maximum absolute atomic E-state index is 12.3. The molecule has 22 heavy (non-hydrogen) atoms. The van der Waals surface area contributed by atoms with Gasteiger partial charge in [0.1, 0.15) is 5.82 Å². The number of halogens is 1. The predicted molar refractivity (Wildman–Crippen MR) is 90.6 cm³/mol. The summed E-state index contributed by atoms with van der Waals surface area (Å²) in [5.41, 5.74) is 1.14. The molecule has 114 valence electrons. The highest BCUT2D eigenvalue weighted by Gasteiger charge is 2.19. The van der Waals surface area contributed by atoms with E-state index in [1.807, 2.05) is 35.0 Å². The summed E-state index contributed by atoms with van der Waals surface area (Å²) in [6.07, 6.45) is 8.68. The normalized spacial score (nSPS) is 17.4. The third kappa shape index (κ3) is 3.65. The Hall–Kier alpha value is -1.88. The summed E-state index contributed by atoms with van der Waals surface area (Å²) < 4.78 is 2.87. The van der Waals surface area contributed by atoms with Crippen LogP contribution < -0.4 is 5.32 Å². The van der Waals surface area contributed by atoms with Crippen molar-refractivity contribution in [3.63, 3.8) is 0 Å². The van der Waals surface area contributed by atoms with Crippen LogP contribution in [0.25, 0.3) is 0 Å². The highest BCUT2D eigenvalue weighted by Crippen LogP contribution is 2.20. The summed E-state index contributed by atoms with van der Waals surface area (Å²) >= 11 is 3.43. The topological polar surface area (TPSA) is 46.9 Å². The van der Waals surface area contributed by atoms with Crippen molar-refractivity contribution < 1.29 is 4.79 Å². The van der Waals surface area contributed by atoms with Gasteiger partial charge in [0.15, 0.2) is 0 Å². The first-order valence-electron chi connectivity index (χ1n) is 7.44. The minimum Gasteiger partial charge on any atom is -0.311 e. The van der Waals surface area contributed by atoms with Crippen LogP contribution in [0.2, 0.25) is 0 Å². The molecule has 1 aromatic carbocycles. The second-order valence-electron chi connectivity index (χ2n) is 5.47. The summed E-state index contributed by atoms with van der Waals surface area (Å²) in [5.74, 6) is 0.908. The monoisotopic (exact) mass is 359 g/mol. The van der Waals surface area contributed by atoms with Crippen LogP contribution in [0.4, 0.5) is 5.82 Å². The van der Waals surface area contributed by atoms with Gasteiger partial charge in [-0.1, -0.05) is 40.2 Å². The van der Waals surface area contributed by atoms with Gasteiger partial charge in [0.2, 0.25) is 5.91 Å². The average Bonchev–Trinajstić information content (AvgIpc) is 2.97. The number of allylic oxidation sites excluding steroid dienone is 2. The van der Waals surface area contributed by atoms with E-state index in [0.717, 1.165) is 35.1 Å². The summed E-state index contributed by atoms with van der Waals surface area (Å²) in [6, 6.07) is 9.94. The number of rotatable bonds is 4. The smallest absolute Gasteiger partial charge is 0.228 e. The van der Waals surface area contributed by atoms with Gasteiger partial charge in [-0.3, -0.25) is 4.79 Å². The molecule has 1 atom stereocenters. The fourth-order valence-corrected chi connectivity index (χ4v) is 2.85. The average molecular weight is 360 g/mol. The van der Waals surface area contributed by atoms with Crippen LogP contribution in [0.5, 0.6) is 0 Å². The first-order valence-corrected chi connectivity index (χ1v) is 8.24. The van der Waals surface area contributed by atoms with Crippen molar-refractivity contribution in [3.8, 4) is 0 Å². The third-order valence-electron chi connectivity index (χ3n) is 3.85. The molecule has 0 spiro atoms. The Balaban J connectivity index is 1.67. The molecule has 2 aromatic rings. The zero-order valence-corrected chi connectivity index (χ0v) is 13.8. The second-order valence-corrected chi connectivity index (χ2v) is 6.39. The molecule has 1 aliphatic rings. The molecule has 0 saturated carbocycles. The lowest BCUT2D eigenvalue weighted by Gasteiger charge is -2.17. The van der Waals surface area contributed by atoms with Crippen LogP contribution in [0.1, 0.15) is 24.8 Å². The zero-order valence-electron chi connectivity index (χ0n) is 12.2. The van der Waals surface area contributed by atoms with Crippen molar-refractivity contribution in [3.05, 3.63) is 58.7 Å². The van der Waals surface area contributed by atoms with E-state index >= 15 is 0 Å². The first kappa shape index (κ1) is 15.0. The highest BCUT2D eigenvalue weighted by molar-refractivity contribution is 9.10. The van der Waals surface area contributed by atoms with Gasteiger partial charge in [-0.25, -0.2) is 4.68 Å². The number of carbonyl (C=O) groups excluding carboxylic acids is 1. The number of nitrogens with one attached hydrogen (secondary N) is 1. The third-order valence-corrected chi connectivity index (χ3v) is 4.38. The molecule has 0 fully saturated rings. The molecule has 3 rings (SSSR count). The van der Waals surface area contributed by atoms with Gasteiger partial charge >= 0.3 is 0 Å². The van der Waals surface area contributed by atoms with E-state index < -0.39 is 0 Å². The molecule has 0 aliphatic heterocycles. The Kier molecular flexibility index (Phi) is 4.73. The predicted octanol–water partition coefficient (Wildman–Crippen LogP) is 3.99. The van der Waals surface area contributed by atoms with Gasteiger partial charge in [0, 0.05) is 16.5 Å². The van der Waals surface area contributed by atoms with Gasteiger partial charge in [0.25, 0.3) is 0 Å². The molecule has 0 radical (unpaired) electrons. The Morgan fingerprint density at radius 2 is 2.09 bits per heavy atom. The lowest BCUT2D eigenvalue weighted by Crippen LogP contribution is -2.25. The fraction of sp³-hybridized carbons (Fsp3) is 0.294. The van der Waals surface area contributed by atoms with Crippen molar-refractivity contribution in [1.29, 1.82) is 0 Å². The summed E-state index contributed by atoms with van der Waals surface area (Å²) in [7, 11) is 0. The molecular formula is C17H18BrN3O. The summed E-state index contributed by atoms with van der Waals surface area (Å²) in [4.78, 5) is 12.3. The van der Waals surface area contributed by atoms with Crippen LogP contribution in [0.15, 0.2) is 53.2 Å². The number of carbonyl (C=O) groups is 1. The van der Waals surface area contributed by atoms with Crippen molar-refractivity contribution in [2.75, 3.05) is 5.32 Å². The van der Waals surface area contributed by atoms with E-state index in [-0.39, 0.29) is 11.8 Å². The van der Waals surface area contributed by atoms with Gasteiger partial charge in [0.05, 0.1) is 12.7 Å². The highest BCUT2D eigenvalue weighted by atomic mass is 79.9. The Morgan fingerprint density at radius 3 is 2.82 bits per heavy atom. The second kappa shape index (κ2) is 6.92. The standard InChI is InChI=1S/C17H18BrN3O/c18-15-8-6-13(7-9-15)12-21-16(10-11-19-21)20-17(22)14-4-2-1-3-5-14/h1-2,6-11,14H,3-5,12H2,(H,20,22). The molecule has 1 aromatic heterocycles. The SMILES string of the molecule is O=C(Nc1ccnn1Cc1ccc(Br)cc1)C1CC=CCC1. The van der Waals surface area contributed by atoms with Gasteiger partial charge < -0.3 is 5.32 Å². The fourth-order valence-electron chi connectivity index (χ4n) is 2.59. The first-order chi connectivity index (χ1) is 10.7. The lowest BCUT2D eigenvalue weighted by atomic mass is 9.94. The van der Waals surface area contributed by atoms with Gasteiger partial charge in [-0.15, -0.1) is 0 Å². The Labute approximate surface area is 138 Å². The van der Waals surface area contributed by atoms with Crippen LogP contribution in [-0.2, 0) is 11.3 Å². The van der Waals surface area contributed by atoms with Crippen molar-refractivity contribution in [1.82, 2.24) is 9.78 Å². The summed E-state index contributed by atoms with van der Waals surface area (Å²) in [6.45, 7) is 0.639. The molecule has 1 N–H and O–H groups in total. The quantitative estimate of drug-likeness (QED) is 0.839. The molecule has 4 nitrogen and oxygen atoms in total. The van der Waals surface area contributed by atoms with E-state index in [1.54, 1.807) is 6.20 Å². The molecule has 0 bridgehead atoms. The maximum Gasteiger partial charge on any atom is 0.228 e. The maximum atomic E-state index is 12.3. The van der Waals surface area contributed by atoms with E-state index in [0.29, 0.717) is 6.54 Å². The van der Waals surface area contributed by atoms with Crippen molar-refractivity contribution in [2.24, 2.45) is 5.92 Å². The van der Waals surface area contributed by atoms with Crippen molar-refractivity contribution >= 4 is 27.7 Å². The van der Waals surface area contributed by atoms with Gasteiger partial charge in [-0.2, -0.15) is 5.10 Å². The minimum absolute atomic E-state index is 0.0704. The number of hydrogen-bond donors (Lipinski definition) is 1. The summed E-state index contributed by atoms with van der Waals surface area (Å²) in [5, 5.41) is 7.32. The number of nitrogens with zero attached hydrogens (tertiary/aromatic N) is 2. The minimum atomic E-state index is 0.0704. The Morgan fingerprint density at radius 1 is 1.27 bits per heavy atom. The Bertz CT molecular complexity index is 675. The molecule has 1 heterocycles. The molecule has 5 heteroatoms. The number of aromatic nitrogens is 2.